The van der Waals surface area contributed by atoms with Crippen molar-refractivity contribution in [2.75, 3.05) is 11.9 Å². The van der Waals surface area contributed by atoms with Crippen LogP contribution in [-0.4, -0.2) is 22.5 Å². The third kappa shape index (κ3) is 5.26. The van der Waals surface area contributed by atoms with Crippen molar-refractivity contribution in [2.45, 2.75) is 19.8 Å². The standard InChI is InChI=1S/C21H20FN3O3/c1-2-3-12-27-17-10-8-15(9-11-17)20(26)25-16-13-23-21(24-14-16)28-19-7-5-4-6-18(19)22/h4-11,13-14H,2-3,12H2,1H3,(H,25,26). The molecule has 0 unspecified atom stereocenters. The Kier molecular flexibility index (Phi) is 6.51. The molecule has 0 saturated carbocycles. The average Bonchev–Trinajstić information content (AvgIpc) is 2.72. The number of para-hydroxylation sites is 1. The van der Waals surface area contributed by atoms with Gasteiger partial charge < -0.3 is 14.8 Å². The molecule has 28 heavy (non-hydrogen) atoms. The number of nitrogens with zero attached hydrogens (tertiary/aromatic N) is 2. The first kappa shape index (κ1) is 19.3. The SMILES string of the molecule is CCCCOc1ccc(C(=O)Nc2cnc(Oc3ccccc3F)nc2)cc1. The molecule has 144 valence electrons. The van der Waals surface area contributed by atoms with E-state index in [1.54, 1.807) is 36.4 Å². The average molecular weight is 381 g/mol. The van der Waals surface area contributed by atoms with Gasteiger partial charge in [0, 0.05) is 5.56 Å². The van der Waals surface area contributed by atoms with Crippen molar-refractivity contribution in [3.05, 3.63) is 72.3 Å². The first-order chi connectivity index (χ1) is 13.7. The maximum absolute atomic E-state index is 13.6. The van der Waals surface area contributed by atoms with Crippen molar-refractivity contribution in [3.8, 4) is 17.5 Å². The third-order valence-corrected chi connectivity index (χ3v) is 3.81. The fourth-order valence-corrected chi connectivity index (χ4v) is 2.30. The van der Waals surface area contributed by atoms with Gasteiger partial charge in [0.1, 0.15) is 5.75 Å². The number of hydrogen-bond acceptors (Lipinski definition) is 5. The van der Waals surface area contributed by atoms with Crippen molar-refractivity contribution in [1.82, 2.24) is 9.97 Å². The smallest absolute Gasteiger partial charge is 0.322 e. The van der Waals surface area contributed by atoms with E-state index in [0.717, 1.165) is 18.6 Å². The number of rotatable bonds is 8. The van der Waals surface area contributed by atoms with Gasteiger partial charge >= 0.3 is 6.01 Å². The fourth-order valence-electron chi connectivity index (χ4n) is 2.30. The van der Waals surface area contributed by atoms with Crippen molar-refractivity contribution in [2.24, 2.45) is 0 Å². The van der Waals surface area contributed by atoms with E-state index in [4.69, 9.17) is 9.47 Å². The summed E-state index contributed by atoms with van der Waals surface area (Å²) in [6, 6.07) is 12.8. The van der Waals surface area contributed by atoms with Crippen LogP contribution in [0.1, 0.15) is 30.1 Å². The van der Waals surface area contributed by atoms with Crippen LogP contribution in [0.5, 0.6) is 17.5 Å². The number of anilines is 1. The van der Waals surface area contributed by atoms with Gasteiger partial charge in [-0.05, 0) is 42.8 Å². The zero-order valence-corrected chi connectivity index (χ0v) is 15.4. The van der Waals surface area contributed by atoms with Gasteiger partial charge in [0.05, 0.1) is 24.7 Å². The summed E-state index contributed by atoms with van der Waals surface area (Å²) in [5, 5.41) is 2.70. The highest BCUT2D eigenvalue weighted by molar-refractivity contribution is 6.04. The van der Waals surface area contributed by atoms with Gasteiger partial charge in [-0.25, -0.2) is 14.4 Å². The lowest BCUT2D eigenvalue weighted by Crippen LogP contribution is -2.12. The number of carbonyl (C=O) groups is 1. The van der Waals surface area contributed by atoms with Gasteiger partial charge in [-0.15, -0.1) is 0 Å². The van der Waals surface area contributed by atoms with E-state index >= 15 is 0 Å². The number of ether oxygens (including phenoxy) is 2. The highest BCUT2D eigenvalue weighted by Gasteiger charge is 2.09. The van der Waals surface area contributed by atoms with Gasteiger partial charge in [0.25, 0.3) is 5.91 Å². The lowest BCUT2D eigenvalue weighted by atomic mass is 10.2. The number of nitrogens with one attached hydrogen (secondary N) is 1. The van der Waals surface area contributed by atoms with Crippen LogP contribution >= 0.6 is 0 Å². The highest BCUT2D eigenvalue weighted by atomic mass is 19.1. The molecular weight excluding hydrogens is 361 g/mol. The lowest BCUT2D eigenvalue weighted by Gasteiger charge is -2.08. The summed E-state index contributed by atoms with van der Waals surface area (Å²) in [6.45, 7) is 2.75. The molecule has 0 aliphatic heterocycles. The van der Waals surface area contributed by atoms with Gasteiger partial charge in [-0.2, -0.15) is 0 Å². The predicted octanol–water partition coefficient (Wildman–Crippen LogP) is 4.84. The number of unbranched alkanes of at least 4 members (excludes halogenated alkanes) is 1. The van der Waals surface area contributed by atoms with Crippen LogP contribution in [0.15, 0.2) is 60.9 Å². The zero-order chi connectivity index (χ0) is 19.8. The Bertz CT molecular complexity index is 915. The molecule has 0 aliphatic rings. The Labute approximate surface area is 162 Å². The van der Waals surface area contributed by atoms with E-state index in [-0.39, 0.29) is 17.7 Å². The fraction of sp³-hybridized carbons (Fsp3) is 0.190. The van der Waals surface area contributed by atoms with Gasteiger partial charge in [0.15, 0.2) is 11.6 Å². The minimum absolute atomic E-state index is 0.0170. The second-order valence-electron chi connectivity index (χ2n) is 5.97. The van der Waals surface area contributed by atoms with Gasteiger partial charge in [-0.1, -0.05) is 25.5 Å². The van der Waals surface area contributed by atoms with E-state index in [2.05, 4.69) is 22.2 Å². The highest BCUT2D eigenvalue weighted by Crippen LogP contribution is 2.21. The van der Waals surface area contributed by atoms with Crippen molar-refractivity contribution in [3.63, 3.8) is 0 Å². The van der Waals surface area contributed by atoms with E-state index in [1.807, 2.05) is 0 Å². The van der Waals surface area contributed by atoms with E-state index < -0.39 is 5.82 Å². The molecule has 0 saturated heterocycles. The molecule has 3 aromatic rings. The van der Waals surface area contributed by atoms with Crippen LogP contribution in [0.4, 0.5) is 10.1 Å². The molecule has 0 aliphatic carbocycles. The summed E-state index contributed by atoms with van der Waals surface area (Å²) < 4.78 is 24.4. The van der Waals surface area contributed by atoms with Crippen LogP contribution in [0, 0.1) is 5.82 Å². The van der Waals surface area contributed by atoms with Gasteiger partial charge in [0.2, 0.25) is 0 Å². The number of carbonyl (C=O) groups excluding carboxylic acids is 1. The largest absolute Gasteiger partial charge is 0.494 e. The number of benzene rings is 2. The van der Waals surface area contributed by atoms with Crippen molar-refractivity contribution < 1.29 is 18.7 Å². The second kappa shape index (κ2) is 9.45. The maximum Gasteiger partial charge on any atom is 0.322 e. The molecule has 1 aromatic heterocycles. The van der Waals surface area contributed by atoms with Crippen LogP contribution in [0.2, 0.25) is 0 Å². The zero-order valence-electron chi connectivity index (χ0n) is 15.4. The summed E-state index contributed by atoms with van der Waals surface area (Å²) in [5.74, 6) is -0.0550. The molecule has 3 rings (SSSR count). The lowest BCUT2D eigenvalue weighted by molar-refractivity contribution is 0.102. The normalized spacial score (nSPS) is 10.4. The summed E-state index contributed by atoms with van der Waals surface area (Å²) in [7, 11) is 0. The third-order valence-electron chi connectivity index (χ3n) is 3.81. The van der Waals surface area contributed by atoms with Crippen LogP contribution < -0.4 is 14.8 Å². The molecule has 0 fully saturated rings. The molecule has 0 bridgehead atoms. The number of amides is 1. The first-order valence-corrected chi connectivity index (χ1v) is 8.94. The van der Waals surface area contributed by atoms with E-state index in [0.29, 0.717) is 17.9 Å². The summed E-state index contributed by atoms with van der Waals surface area (Å²) in [4.78, 5) is 20.3. The summed E-state index contributed by atoms with van der Waals surface area (Å²) in [6.07, 6.45) is 4.83. The molecule has 6 nitrogen and oxygen atoms in total. The molecule has 1 N–H and O–H groups in total. The molecule has 0 spiro atoms. The monoisotopic (exact) mass is 381 g/mol. The molecular formula is C21H20FN3O3. The Morgan fingerprint density at radius 3 is 2.46 bits per heavy atom. The molecule has 0 radical (unpaired) electrons. The summed E-state index contributed by atoms with van der Waals surface area (Å²) >= 11 is 0. The second-order valence-corrected chi connectivity index (χ2v) is 5.97. The number of aromatic nitrogens is 2. The van der Waals surface area contributed by atoms with Crippen LogP contribution in [0.3, 0.4) is 0 Å². The minimum atomic E-state index is -0.509. The Balaban J connectivity index is 1.57. The minimum Gasteiger partial charge on any atom is -0.494 e. The molecule has 0 atom stereocenters. The molecule has 1 heterocycles. The Morgan fingerprint density at radius 2 is 1.79 bits per heavy atom. The predicted molar refractivity (Wildman–Crippen MR) is 103 cm³/mol. The van der Waals surface area contributed by atoms with Crippen molar-refractivity contribution in [1.29, 1.82) is 0 Å². The first-order valence-electron chi connectivity index (χ1n) is 8.94. The van der Waals surface area contributed by atoms with E-state index in [1.165, 1.54) is 24.5 Å². The van der Waals surface area contributed by atoms with Crippen LogP contribution in [0.25, 0.3) is 0 Å². The Hall–Kier alpha value is -3.48. The summed E-state index contributed by atoms with van der Waals surface area (Å²) in [5.41, 5.74) is 0.878. The topological polar surface area (TPSA) is 73.3 Å². The Morgan fingerprint density at radius 1 is 1.07 bits per heavy atom. The molecule has 2 aromatic carbocycles. The maximum atomic E-state index is 13.6. The quantitative estimate of drug-likeness (QED) is 0.565. The number of halogens is 1. The number of hydrogen-bond donors (Lipinski definition) is 1. The molecule has 7 heteroatoms. The molecule has 1 amide bonds. The van der Waals surface area contributed by atoms with Gasteiger partial charge in [-0.3, -0.25) is 4.79 Å². The van der Waals surface area contributed by atoms with Crippen molar-refractivity contribution >= 4 is 11.6 Å². The van der Waals surface area contributed by atoms with Crippen LogP contribution in [-0.2, 0) is 0 Å². The van der Waals surface area contributed by atoms with E-state index in [9.17, 15) is 9.18 Å².